The van der Waals surface area contributed by atoms with Crippen LogP contribution in [0.25, 0.3) is 11.1 Å². The molecule has 0 saturated carbocycles. The van der Waals surface area contributed by atoms with Crippen molar-refractivity contribution in [3.63, 3.8) is 0 Å². The predicted octanol–water partition coefficient (Wildman–Crippen LogP) is 8.71. The van der Waals surface area contributed by atoms with Gasteiger partial charge in [0.05, 0.1) is 0 Å². The summed E-state index contributed by atoms with van der Waals surface area (Å²) in [6.45, 7) is 7.35. The highest BCUT2D eigenvalue weighted by molar-refractivity contribution is 5.92. The first-order chi connectivity index (χ1) is 25.0. The van der Waals surface area contributed by atoms with E-state index in [-0.39, 0.29) is 18.4 Å². The van der Waals surface area contributed by atoms with Crippen LogP contribution in [0.15, 0.2) is 140 Å². The maximum Gasteiger partial charge on any atom is 0.410 e. The van der Waals surface area contributed by atoms with Gasteiger partial charge in [-0.15, -0.1) is 0 Å². The van der Waals surface area contributed by atoms with Crippen molar-refractivity contribution >= 4 is 18.0 Å². The van der Waals surface area contributed by atoms with Crippen LogP contribution in [0.4, 0.5) is 4.79 Å². The molecule has 1 aliphatic rings. The second-order valence-corrected chi connectivity index (χ2v) is 14.3. The maximum absolute atomic E-state index is 14.4. The van der Waals surface area contributed by atoms with Crippen molar-refractivity contribution in [2.45, 2.75) is 57.2 Å². The molecule has 0 unspecified atom stereocenters. The van der Waals surface area contributed by atoms with Crippen molar-refractivity contribution in [3.8, 4) is 11.1 Å². The molecule has 1 N–H and O–H groups in total. The molecule has 0 saturated heterocycles. The molecule has 6 rings (SSSR count). The van der Waals surface area contributed by atoms with Gasteiger partial charge in [-0.1, -0.05) is 153 Å². The molecule has 0 radical (unpaired) electrons. The number of hydrogen-bond donors (Lipinski definition) is 1. The van der Waals surface area contributed by atoms with E-state index < -0.39 is 35.2 Å². The predicted molar refractivity (Wildman–Crippen MR) is 204 cm³/mol. The minimum Gasteiger partial charge on any atom is -0.448 e. The zero-order chi connectivity index (χ0) is 36.9. The molecule has 5 aromatic carbocycles. The Morgan fingerprint density at radius 1 is 0.673 bits per heavy atom. The molecule has 1 aliphatic carbocycles. The second kappa shape index (κ2) is 15.3. The number of amides is 2. The SMILES string of the molecule is CC(C)C[C@@H](C(=O)NC(C)(C)C(=O)OC(c1ccccc1)(c1ccccc1)c1ccccc1)N(C)C(=O)OCC1c2ccccc2-c2ccccc21. The summed E-state index contributed by atoms with van der Waals surface area (Å²) in [4.78, 5) is 43.5. The lowest BCUT2D eigenvalue weighted by Crippen LogP contribution is -2.58. The molecule has 0 bridgehead atoms. The molecule has 7 heteroatoms. The van der Waals surface area contributed by atoms with Crippen LogP contribution in [-0.4, -0.2) is 48.1 Å². The summed E-state index contributed by atoms with van der Waals surface area (Å²) in [5.74, 6) is -1.16. The van der Waals surface area contributed by atoms with Crippen LogP contribution in [0.1, 0.15) is 67.9 Å². The molecular weight excluding hydrogens is 649 g/mol. The lowest BCUT2D eigenvalue weighted by molar-refractivity contribution is -0.162. The molecule has 2 amide bonds. The van der Waals surface area contributed by atoms with Crippen molar-refractivity contribution in [1.29, 1.82) is 0 Å². The Bertz CT molecular complexity index is 1870. The van der Waals surface area contributed by atoms with Gasteiger partial charge in [0.1, 0.15) is 18.2 Å². The monoisotopic (exact) mass is 694 g/mol. The molecule has 0 spiro atoms. The van der Waals surface area contributed by atoms with Crippen molar-refractivity contribution in [1.82, 2.24) is 10.2 Å². The molecule has 0 fully saturated rings. The highest BCUT2D eigenvalue weighted by atomic mass is 16.6. The van der Waals surface area contributed by atoms with Gasteiger partial charge in [-0.3, -0.25) is 9.69 Å². The lowest BCUT2D eigenvalue weighted by atomic mass is 9.80. The fourth-order valence-electron chi connectivity index (χ4n) is 7.11. The molecule has 0 aromatic heterocycles. The van der Waals surface area contributed by atoms with Crippen molar-refractivity contribution in [2.75, 3.05) is 13.7 Å². The van der Waals surface area contributed by atoms with Crippen molar-refractivity contribution in [3.05, 3.63) is 167 Å². The van der Waals surface area contributed by atoms with Crippen LogP contribution in [-0.2, 0) is 24.7 Å². The number of likely N-dealkylation sites (N-methyl/N-ethyl adjacent to an activating group) is 1. The van der Waals surface area contributed by atoms with E-state index >= 15 is 0 Å². The van der Waals surface area contributed by atoms with Crippen LogP contribution >= 0.6 is 0 Å². The first-order valence-corrected chi connectivity index (χ1v) is 17.8. The summed E-state index contributed by atoms with van der Waals surface area (Å²) in [5.41, 5.74) is 3.98. The van der Waals surface area contributed by atoms with Crippen LogP contribution in [0.2, 0.25) is 0 Å². The van der Waals surface area contributed by atoms with E-state index in [2.05, 4.69) is 29.6 Å². The van der Waals surface area contributed by atoms with Gasteiger partial charge in [0, 0.05) is 29.7 Å². The molecule has 266 valence electrons. The number of carbonyl (C=O) groups excluding carboxylic acids is 3. The Hall–Kier alpha value is -5.69. The summed E-state index contributed by atoms with van der Waals surface area (Å²) < 4.78 is 12.5. The number of carbonyl (C=O) groups is 3. The third-order valence-corrected chi connectivity index (χ3v) is 9.82. The molecule has 7 nitrogen and oxygen atoms in total. The number of ether oxygens (including phenoxy) is 2. The fraction of sp³-hybridized carbons (Fsp3) is 0.267. The fourth-order valence-corrected chi connectivity index (χ4v) is 7.11. The quantitative estimate of drug-likeness (QED) is 0.104. The number of benzene rings is 5. The number of nitrogens with one attached hydrogen (secondary N) is 1. The van der Waals surface area contributed by atoms with Crippen LogP contribution in [0.5, 0.6) is 0 Å². The standard InChI is InChI=1S/C45H46N2O5/c1-31(2)29-40(47(5)43(50)51-30-39-37-27-17-15-25-35(37)36-26-16-18-28-38(36)39)41(48)46-44(3,4)42(49)52-45(32-19-9-6-10-20-32,33-21-11-7-12-22-33)34-23-13-8-14-24-34/h6-28,31,39-40H,29-30H2,1-5H3,(H,46,48)/t40-/m0/s1. The molecule has 52 heavy (non-hydrogen) atoms. The maximum atomic E-state index is 14.4. The van der Waals surface area contributed by atoms with E-state index in [4.69, 9.17) is 9.47 Å². The van der Waals surface area contributed by atoms with Gasteiger partial charge in [-0.2, -0.15) is 0 Å². The first kappa shape index (κ1) is 36.1. The molecule has 5 aromatic rings. The first-order valence-electron chi connectivity index (χ1n) is 17.8. The molecule has 0 aliphatic heterocycles. The Morgan fingerprint density at radius 2 is 1.10 bits per heavy atom. The van der Waals surface area contributed by atoms with Crippen LogP contribution < -0.4 is 5.32 Å². The van der Waals surface area contributed by atoms with Gasteiger partial charge >= 0.3 is 12.1 Å². The third kappa shape index (κ3) is 7.22. The highest BCUT2D eigenvalue weighted by Crippen LogP contribution is 2.45. The number of rotatable bonds is 12. The summed E-state index contributed by atoms with van der Waals surface area (Å²) in [6.07, 6.45) is -0.251. The van der Waals surface area contributed by atoms with E-state index in [1.54, 1.807) is 20.9 Å². The zero-order valence-corrected chi connectivity index (χ0v) is 30.4. The van der Waals surface area contributed by atoms with E-state index in [9.17, 15) is 14.4 Å². The van der Waals surface area contributed by atoms with E-state index in [1.807, 2.05) is 129 Å². The largest absolute Gasteiger partial charge is 0.448 e. The van der Waals surface area contributed by atoms with Crippen molar-refractivity contribution < 1.29 is 23.9 Å². The number of fused-ring (bicyclic) bond motifs is 3. The summed E-state index contributed by atoms with van der Waals surface area (Å²) in [5, 5.41) is 2.93. The smallest absolute Gasteiger partial charge is 0.410 e. The average molecular weight is 695 g/mol. The Morgan fingerprint density at radius 3 is 1.54 bits per heavy atom. The van der Waals surface area contributed by atoms with Gasteiger partial charge < -0.3 is 14.8 Å². The Labute approximate surface area is 306 Å². The van der Waals surface area contributed by atoms with Gasteiger partial charge in [-0.25, -0.2) is 9.59 Å². The number of hydrogen-bond acceptors (Lipinski definition) is 5. The van der Waals surface area contributed by atoms with E-state index in [0.29, 0.717) is 6.42 Å². The number of nitrogens with zero attached hydrogens (tertiary/aromatic N) is 1. The van der Waals surface area contributed by atoms with Crippen molar-refractivity contribution in [2.24, 2.45) is 5.92 Å². The van der Waals surface area contributed by atoms with Gasteiger partial charge in [0.15, 0.2) is 5.60 Å². The summed E-state index contributed by atoms with van der Waals surface area (Å²) in [7, 11) is 1.57. The van der Waals surface area contributed by atoms with E-state index in [1.165, 1.54) is 4.90 Å². The van der Waals surface area contributed by atoms with Crippen LogP contribution in [0, 0.1) is 5.92 Å². The minimum atomic E-state index is -1.47. The summed E-state index contributed by atoms with van der Waals surface area (Å²) >= 11 is 0. The second-order valence-electron chi connectivity index (χ2n) is 14.3. The Kier molecular flexibility index (Phi) is 10.6. The van der Waals surface area contributed by atoms with E-state index in [0.717, 1.165) is 38.9 Å². The minimum absolute atomic E-state index is 0.0662. The zero-order valence-electron chi connectivity index (χ0n) is 30.4. The lowest BCUT2D eigenvalue weighted by Gasteiger charge is -2.38. The van der Waals surface area contributed by atoms with Gasteiger partial charge in [0.25, 0.3) is 0 Å². The summed E-state index contributed by atoms with van der Waals surface area (Å²) in [6, 6.07) is 44.2. The average Bonchev–Trinajstić information content (AvgIpc) is 3.48. The number of esters is 1. The third-order valence-electron chi connectivity index (χ3n) is 9.82. The normalized spacial score (nSPS) is 13.1. The van der Waals surface area contributed by atoms with Crippen LogP contribution in [0.3, 0.4) is 0 Å². The highest BCUT2D eigenvalue weighted by Gasteiger charge is 2.45. The molecular formula is C45H46N2O5. The molecule has 0 heterocycles. The van der Waals surface area contributed by atoms with Gasteiger partial charge in [-0.05, 0) is 48.4 Å². The molecule has 1 atom stereocenters. The van der Waals surface area contributed by atoms with Gasteiger partial charge in [0.2, 0.25) is 5.91 Å². The topological polar surface area (TPSA) is 84.9 Å². The Balaban J connectivity index is 1.22.